The minimum Gasteiger partial charge on any atom is -0.352 e. The number of carbonyl (C=O) groups is 1. The number of hydrogen-bond acceptors (Lipinski definition) is 3. The van der Waals surface area contributed by atoms with E-state index in [0.717, 1.165) is 51.2 Å². The maximum atomic E-state index is 12.2. The van der Waals surface area contributed by atoms with Gasteiger partial charge in [-0.2, -0.15) is 0 Å². The zero-order valence-corrected chi connectivity index (χ0v) is 16.4. The van der Waals surface area contributed by atoms with Crippen LogP contribution in [-0.2, 0) is 17.9 Å². The number of benzene rings is 1. The summed E-state index contributed by atoms with van der Waals surface area (Å²) in [4.78, 5) is 17.2. The molecule has 27 heavy (non-hydrogen) atoms. The maximum absolute atomic E-state index is 12.2. The molecule has 1 aromatic heterocycles. The van der Waals surface area contributed by atoms with Crippen LogP contribution in [0.5, 0.6) is 0 Å². The summed E-state index contributed by atoms with van der Waals surface area (Å²) in [6, 6.07) is 8.52. The van der Waals surface area contributed by atoms with Crippen LogP contribution in [0, 0.1) is 12.3 Å². The van der Waals surface area contributed by atoms with Gasteiger partial charge in [-0.1, -0.05) is 18.2 Å². The molecule has 0 spiro atoms. The monoisotopic (exact) mass is 366 g/mol. The van der Waals surface area contributed by atoms with Crippen molar-refractivity contribution >= 4 is 16.8 Å². The highest BCUT2D eigenvalue weighted by Gasteiger charge is 2.19. The van der Waals surface area contributed by atoms with Crippen LogP contribution in [0.3, 0.4) is 0 Å². The zero-order valence-electron chi connectivity index (χ0n) is 16.4. The van der Waals surface area contributed by atoms with Crippen LogP contribution in [0.2, 0.25) is 0 Å². The van der Waals surface area contributed by atoms with Gasteiger partial charge in [0, 0.05) is 68.8 Å². The standard InChI is InChI=1S/C22H30N4O/c1-4-5-10-24-11-13-25(14-12-24)15-19-16-26(17-22(27)23-18(2)3)21-9-7-6-8-20(19)21/h1,6-9,16,18H,5,10-15,17H2,2-3H3,(H,23,27). The summed E-state index contributed by atoms with van der Waals surface area (Å²) in [6.07, 6.45) is 8.35. The van der Waals surface area contributed by atoms with E-state index in [0.29, 0.717) is 6.54 Å². The molecular weight excluding hydrogens is 336 g/mol. The minimum atomic E-state index is 0.0550. The van der Waals surface area contributed by atoms with Crippen LogP contribution in [0.15, 0.2) is 30.5 Å². The van der Waals surface area contributed by atoms with E-state index in [1.54, 1.807) is 0 Å². The van der Waals surface area contributed by atoms with E-state index in [1.165, 1.54) is 10.9 Å². The van der Waals surface area contributed by atoms with Crippen molar-refractivity contribution in [2.45, 2.75) is 39.4 Å². The summed E-state index contributed by atoms with van der Waals surface area (Å²) < 4.78 is 2.07. The molecule has 1 N–H and O–H groups in total. The Bertz CT molecular complexity index is 809. The number of piperazine rings is 1. The van der Waals surface area contributed by atoms with Crippen LogP contribution >= 0.6 is 0 Å². The molecule has 1 aliphatic rings. The molecular formula is C22H30N4O. The lowest BCUT2D eigenvalue weighted by Gasteiger charge is -2.34. The van der Waals surface area contributed by atoms with E-state index < -0.39 is 0 Å². The second kappa shape index (κ2) is 9.07. The third kappa shape index (κ3) is 5.12. The predicted molar refractivity (Wildman–Crippen MR) is 110 cm³/mol. The number of carbonyl (C=O) groups excluding carboxylic acids is 1. The normalized spacial score (nSPS) is 15.9. The number of nitrogens with zero attached hydrogens (tertiary/aromatic N) is 3. The molecule has 1 saturated heterocycles. The summed E-state index contributed by atoms with van der Waals surface area (Å²) in [5.41, 5.74) is 2.42. The van der Waals surface area contributed by atoms with Gasteiger partial charge in [0.05, 0.1) is 0 Å². The number of amides is 1. The first-order chi connectivity index (χ1) is 13.1. The van der Waals surface area contributed by atoms with Gasteiger partial charge < -0.3 is 9.88 Å². The second-order valence-corrected chi connectivity index (χ2v) is 7.59. The quantitative estimate of drug-likeness (QED) is 0.765. The molecule has 0 saturated carbocycles. The minimum absolute atomic E-state index is 0.0550. The summed E-state index contributed by atoms with van der Waals surface area (Å²) in [5.74, 6) is 2.78. The third-order valence-corrected chi connectivity index (χ3v) is 5.07. The molecule has 1 amide bonds. The number of para-hydroxylation sites is 1. The number of aromatic nitrogens is 1. The van der Waals surface area contributed by atoms with E-state index in [9.17, 15) is 4.79 Å². The van der Waals surface area contributed by atoms with Crippen molar-refractivity contribution in [3.8, 4) is 12.3 Å². The lowest BCUT2D eigenvalue weighted by atomic mass is 10.1. The second-order valence-electron chi connectivity index (χ2n) is 7.59. The summed E-state index contributed by atoms with van der Waals surface area (Å²) in [7, 11) is 0. The van der Waals surface area contributed by atoms with Gasteiger partial charge in [-0.15, -0.1) is 12.3 Å². The number of rotatable bonds is 7. The Labute approximate surface area is 162 Å². The van der Waals surface area contributed by atoms with Crippen molar-refractivity contribution in [1.29, 1.82) is 0 Å². The molecule has 1 aliphatic heterocycles. The van der Waals surface area contributed by atoms with Crippen molar-refractivity contribution in [2.24, 2.45) is 0 Å². The van der Waals surface area contributed by atoms with Crippen LogP contribution < -0.4 is 5.32 Å². The Morgan fingerprint density at radius 1 is 1.19 bits per heavy atom. The number of fused-ring (bicyclic) bond motifs is 1. The molecule has 2 aromatic rings. The molecule has 0 unspecified atom stereocenters. The average molecular weight is 367 g/mol. The van der Waals surface area contributed by atoms with Gasteiger partial charge in [0.25, 0.3) is 0 Å². The summed E-state index contributed by atoms with van der Waals surface area (Å²) >= 11 is 0. The average Bonchev–Trinajstić information content (AvgIpc) is 2.98. The van der Waals surface area contributed by atoms with E-state index >= 15 is 0 Å². The van der Waals surface area contributed by atoms with Crippen molar-refractivity contribution in [2.75, 3.05) is 32.7 Å². The van der Waals surface area contributed by atoms with Crippen molar-refractivity contribution in [3.05, 3.63) is 36.0 Å². The van der Waals surface area contributed by atoms with E-state index in [1.807, 2.05) is 19.9 Å². The third-order valence-electron chi connectivity index (χ3n) is 5.07. The first kappa shape index (κ1) is 19.5. The molecule has 3 rings (SSSR count). The number of terminal acetylenes is 1. The van der Waals surface area contributed by atoms with Gasteiger partial charge >= 0.3 is 0 Å². The van der Waals surface area contributed by atoms with E-state index in [2.05, 4.69) is 50.0 Å². The Hall–Kier alpha value is -2.29. The van der Waals surface area contributed by atoms with Crippen molar-refractivity contribution in [1.82, 2.24) is 19.7 Å². The molecule has 0 atom stereocenters. The largest absolute Gasteiger partial charge is 0.352 e. The fourth-order valence-electron chi connectivity index (χ4n) is 3.74. The molecule has 5 nitrogen and oxygen atoms in total. The SMILES string of the molecule is C#CCCN1CCN(Cc2cn(CC(=O)NC(C)C)c3ccccc23)CC1. The first-order valence-corrected chi connectivity index (χ1v) is 9.81. The molecule has 2 heterocycles. The Balaban J connectivity index is 1.68. The number of hydrogen-bond donors (Lipinski definition) is 1. The van der Waals surface area contributed by atoms with Gasteiger partial charge in [-0.3, -0.25) is 14.6 Å². The fraction of sp³-hybridized carbons (Fsp3) is 0.500. The Morgan fingerprint density at radius 2 is 1.89 bits per heavy atom. The van der Waals surface area contributed by atoms with Gasteiger partial charge in [-0.25, -0.2) is 0 Å². The van der Waals surface area contributed by atoms with Crippen LogP contribution in [0.1, 0.15) is 25.8 Å². The first-order valence-electron chi connectivity index (χ1n) is 9.81. The highest BCUT2D eigenvalue weighted by atomic mass is 16.2. The zero-order chi connectivity index (χ0) is 19.2. The van der Waals surface area contributed by atoms with E-state index in [-0.39, 0.29) is 11.9 Å². The molecule has 5 heteroatoms. The van der Waals surface area contributed by atoms with Gasteiger partial charge in [-0.05, 0) is 25.5 Å². The van der Waals surface area contributed by atoms with Crippen molar-refractivity contribution < 1.29 is 4.79 Å². The lowest BCUT2D eigenvalue weighted by Crippen LogP contribution is -2.46. The van der Waals surface area contributed by atoms with Gasteiger partial charge in [0.2, 0.25) is 5.91 Å². The molecule has 0 bridgehead atoms. The van der Waals surface area contributed by atoms with Crippen LogP contribution in [0.4, 0.5) is 0 Å². The summed E-state index contributed by atoms with van der Waals surface area (Å²) in [5, 5.41) is 4.22. The Morgan fingerprint density at radius 3 is 2.59 bits per heavy atom. The predicted octanol–water partition coefficient (Wildman–Crippen LogP) is 2.31. The number of nitrogens with one attached hydrogen (secondary N) is 1. The van der Waals surface area contributed by atoms with Crippen LogP contribution in [0.25, 0.3) is 10.9 Å². The molecule has 1 aromatic carbocycles. The van der Waals surface area contributed by atoms with Crippen LogP contribution in [-0.4, -0.2) is 59.0 Å². The van der Waals surface area contributed by atoms with E-state index in [4.69, 9.17) is 6.42 Å². The van der Waals surface area contributed by atoms with Crippen molar-refractivity contribution in [3.63, 3.8) is 0 Å². The maximum Gasteiger partial charge on any atom is 0.240 e. The fourth-order valence-corrected chi connectivity index (χ4v) is 3.74. The summed E-state index contributed by atoms with van der Waals surface area (Å²) in [6.45, 7) is 10.5. The highest BCUT2D eigenvalue weighted by Crippen LogP contribution is 2.23. The Kier molecular flexibility index (Phi) is 6.54. The topological polar surface area (TPSA) is 40.5 Å². The molecule has 144 valence electrons. The lowest BCUT2D eigenvalue weighted by molar-refractivity contribution is -0.122. The van der Waals surface area contributed by atoms with Gasteiger partial charge in [0.1, 0.15) is 6.54 Å². The highest BCUT2D eigenvalue weighted by molar-refractivity contribution is 5.86. The molecule has 0 aliphatic carbocycles. The smallest absolute Gasteiger partial charge is 0.240 e. The molecule has 0 radical (unpaired) electrons. The molecule has 1 fully saturated rings. The van der Waals surface area contributed by atoms with Gasteiger partial charge in [0.15, 0.2) is 0 Å².